The maximum absolute atomic E-state index is 10.3. The Balaban J connectivity index is 1.53. The molecule has 4 heteroatoms. The van der Waals surface area contributed by atoms with Gasteiger partial charge in [0.05, 0.1) is 36.4 Å². The second kappa shape index (κ2) is 4.29. The summed E-state index contributed by atoms with van der Waals surface area (Å²) in [7, 11) is 1.69. The van der Waals surface area contributed by atoms with Crippen molar-refractivity contribution in [2.75, 3.05) is 13.7 Å². The summed E-state index contributed by atoms with van der Waals surface area (Å²) in [6, 6.07) is 0. The third kappa shape index (κ3) is 1.97. The minimum absolute atomic E-state index is 0.101. The summed E-state index contributed by atoms with van der Waals surface area (Å²) >= 11 is 0. The molecule has 0 bridgehead atoms. The van der Waals surface area contributed by atoms with Gasteiger partial charge in [0.25, 0.3) is 0 Å². The largest absolute Gasteiger partial charge is 0.390 e. The highest BCUT2D eigenvalue weighted by molar-refractivity contribution is 5.22. The summed E-state index contributed by atoms with van der Waals surface area (Å²) in [5.41, 5.74) is 1.26. The normalized spacial score (nSPS) is 53.0. The molecule has 0 aromatic carbocycles. The molecule has 2 aliphatic heterocycles. The van der Waals surface area contributed by atoms with Crippen LogP contribution in [0, 0.1) is 5.92 Å². The SMILES string of the molecule is CO[C@@H]1[C@H](O)CC[C@]2(CO2)[C@H]1[C@@]1(C)O[C@@H]1CC=C1CC1. The first kappa shape index (κ1) is 13.3. The lowest BCUT2D eigenvalue weighted by Gasteiger charge is -2.41. The van der Waals surface area contributed by atoms with Crippen molar-refractivity contribution in [1.82, 2.24) is 0 Å². The molecule has 0 radical (unpaired) electrons. The van der Waals surface area contributed by atoms with Gasteiger partial charge in [0, 0.05) is 7.11 Å². The van der Waals surface area contributed by atoms with E-state index in [0.717, 1.165) is 25.9 Å². The summed E-state index contributed by atoms with van der Waals surface area (Å²) in [5, 5.41) is 10.3. The number of aliphatic hydroxyl groups excluding tert-OH is 1. The van der Waals surface area contributed by atoms with Crippen LogP contribution in [-0.2, 0) is 14.2 Å². The number of allylic oxidation sites excluding steroid dienone is 1. The Kier molecular flexibility index (Phi) is 2.84. The highest BCUT2D eigenvalue weighted by Gasteiger charge is 2.71. The average Bonchev–Trinajstić information content (AvgIpc) is 3.28. The van der Waals surface area contributed by atoms with Gasteiger partial charge in [-0.05, 0) is 39.0 Å². The van der Waals surface area contributed by atoms with Gasteiger partial charge in [-0.15, -0.1) is 0 Å². The average molecular weight is 280 g/mol. The number of rotatable bonds is 4. The first-order valence-corrected chi connectivity index (χ1v) is 7.80. The molecular weight excluding hydrogens is 256 g/mol. The van der Waals surface area contributed by atoms with Crippen LogP contribution in [0.2, 0.25) is 0 Å². The Labute approximate surface area is 120 Å². The first-order chi connectivity index (χ1) is 9.59. The lowest BCUT2D eigenvalue weighted by molar-refractivity contribution is -0.116. The number of aliphatic hydroxyl groups is 1. The molecule has 4 fully saturated rings. The highest BCUT2D eigenvalue weighted by atomic mass is 16.6. The van der Waals surface area contributed by atoms with Gasteiger partial charge >= 0.3 is 0 Å². The Morgan fingerprint density at radius 2 is 2.20 bits per heavy atom. The Morgan fingerprint density at radius 3 is 2.80 bits per heavy atom. The molecule has 1 N–H and O–H groups in total. The van der Waals surface area contributed by atoms with Crippen molar-refractivity contribution in [3.8, 4) is 0 Å². The van der Waals surface area contributed by atoms with Gasteiger partial charge in [0.15, 0.2) is 0 Å². The lowest BCUT2D eigenvalue weighted by atomic mass is 9.68. The van der Waals surface area contributed by atoms with E-state index in [0.29, 0.717) is 0 Å². The Hall–Kier alpha value is -0.420. The molecule has 20 heavy (non-hydrogen) atoms. The molecule has 2 saturated carbocycles. The zero-order valence-corrected chi connectivity index (χ0v) is 12.3. The zero-order valence-electron chi connectivity index (χ0n) is 12.3. The second-order valence-corrected chi connectivity index (χ2v) is 7.03. The van der Waals surface area contributed by atoms with Crippen LogP contribution in [0.4, 0.5) is 0 Å². The third-order valence-electron chi connectivity index (χ3n) is 5.68. The van der Waals surface area contributed by atoms with Crippen LogP contribution in [0.5, 0.6) is 0 Å². The highest BCUT2D eigenvalue weighted by Crippen LogP contribution is 2.59. The Bertz CT molecular complexity index is 436. The zero-order chi connectivity index (χ0) is 14.0. The molecule has 0 amide bonds. The Morgan fingerprint density at radius 1 is 1.45 bits per heavy atom. The van der Waals surface area contributed by atoms with Crippen LogP contribution >= 0.6 is 0 Å². The molecule has 112 valence electrons. The van der Waals surface area contributed by atoms with E-state index >= 15 is 0 Å². The fraction of sp³-hybridized carbons (Fsp3) is 0.875. The van der Waals surface area contributed by atoms with Crippen molar-refractivity contribution in [2.45, 2.75) is 68.5 Å². The van der Waals surface area contributed by atoms with E-state index in [1.54, 1.807) is 12.7 Å². The number of hydrogen-bond donors (Lipinski definition) is 1. The summed E-state index contributed by atoms with van der Waals surface area (Å²) < 4.78 is 17.5. The van der Waals surface area contributed by atoms with Crippen molar-refractivity contribution in [3.05, 3.63) is 11.6 Å². The summed E-state index contributed by atoms with van der Waals surface area (Å²) in [6.07, 6.45) is 7.22. The van der Waals surface area contributed by atoms with Crippen LogP contribution in [0.3, 0.4) is 0 Å². The third-order valence-corrected chi connectivity index (χ3v) is 5.68. The maximum atomic E-state index is 10.3. The second-order valence-electron chi connectivity index (χ2n) is 7.03. The van der Waals surface area contributed by atoms with E-state index < -0.39 is 6.10 Å². The maximum Gasteiger partial charge on any atom is 0.101 e. The van der Waals surface area contributed by atoms with Crippen LogP contribution in [0.25, 0.3) is 0 Å². The fourth-order valence-corrected chi connectivity index (χ4v) is 4.17. The topological polar surface area (TPSA) is 54.5 Å². The molecule has 0 aromatic rings. The van der Waals surface area contributed by atoms with Gasteiger partial charge < -0.3 is 19.3 Å². The van der Waals surface area contributed by atoms with E-state index in [2.05, 4.69) is 13.0 Å². The molecule has 2 aliphatic carbocycles. The molecule has 0 aromatic heterocycles. The summed E-state index contributed by atoms with van der Waals surface area (Å²) in [6.45, 7) is 2.96. The van der Waals surface area contributed by atoms with E-state index in [-0.39, 0.29) is 29.3 Å². The monoisotopic (exact) mass is 280 g/mol. The van der Waals surface area contributed by atoms with Crippen molar-refractivity contribution in [1.29, 1.82) is 0 Å². The number of ether oxygens (including phenoxy) is 3. The van der Waals surface area contributed by atoms with Gasteiger partial charge in [0.2, 0.25) is 0 Å². The van der Waals surface area contributed by atoms with Crippen LogP contribution in [-0.4, -0.2) is 48.3 Å². The molecular formula is C16H24O4. The van der Waals surface area contributed by atoms with E-state index in [1.165, 1.54) is 12.8 Å². The fourth-order valence-electron chi connectivity index (χ4n) is 4.17. The molecule has 2 saturated heterocycles. The predicted molar refractivity (Wildman–Crippen MR) is 73.4 cm³/mol. The molecule has 1 spiro atoms. The molecule has 2 heterocycles. The van der Waals surface area contributed by atoms with Crippen molar-refractivity contribution in [2.24, 2.45) is 5.92 Å². The molecule has 4 aliphatic rings. The molecule has 4 rings (SSSR count). The quantitative estimate of drug-likeness (QED) is 0.630. The minimum Gasteiger partial charge on any atom is -0.390 e. The predicted octanol–water partition coefficient (Wildman–Crippen LogP) is 1.81. The van der Waals surface area contributed by atoms with Crippen molar-refractivity contribution >= 4 is 0 Å². The van der Waals surface area contributed by atoms with Crippen molar-refractivity contribution < 1.29 is 19.3 Å². The van der Waals surface area contributed by atoms with Crippen LogP contribution < -0.4 is 0 Å². The summed E-state index contributed by atoms with van der Waals surface area (Å²) in [4.78, 5) is 0. The van der Waals surface area contributed by atoms with E-state index in [9.17, 15) is 5.11 Å². The van der Waals surface area contributed by atoms with Gasteiger partial charge in [-0.2, -0.15) is 0 Å². The molecule has 6 atom stereocenters. The minimum atomic E-state index is -0.400. The van der Waals surface area contributed by atoms with E-state index in [1.807, 2.05) is 0 Å². The smallest absolute Gasteiger partial charge is 0.101 e. The van der Waals surface area contributed by atoms with E-state index in [4.69, 9.17) is 14.2 Å². The van der Waals surface area contributed by atoms with Crippen LogP contribution in [0.1, 0.15) is 39.0 Å². The summed E-state index contributed by atoms with van der Waals surface area (Å²) in [5.74, 6) is 0.145. The lowest BCUT2D eigenvalue weighted by Crippen LogP contribution is -2.54. The molecule has 4 nitrogen and oxygen atoms in total. The number of hydrogen-bond acceptors (Lipinski definition) is 4. The first-order valence-electron chi connectivity index (χ1n) is 7.80. The van der Waals surface area contributed by atoms with Gasteiger partial charge in [-0.1, -0.05) is 11.6 Å². The number of methoxy groups -OCH3 is 1. The van der Waals surface area contributed by atoms with Gasteiger partial charge in [0.1, 0.15) is 5.60 Å². The van der Waals surface area contributed by atoms with Gasteiger partial charge in [-0.25, -0.2) is 0 Å². The van der Waals surface area contributed by atoms with Gasteiger partial charge in [-0.3, -0.25) is 0 Å². The van der Waals surface area contributed by atoms with Crippen LogP contribution in [0.15, 0.2) is 11.6 Å². The molecule has 0 unspecified atom stereocenters. The van der Waals surface area contributed by atoms with Crippen molar-refractivity contribution in [3.63, 3.8) is 0 Å². The number of epoxide rings is 2. The standard InChI is InChI=1S/C16H24O4/c1-15(12(20-15)6-5-10-3-4-10)14-13(18-2)11(17)7-8-16(14)9-19-16/h5,11-14,17H,3-4,6-9H2,1-2H3/t11-,12-,13-,14-,15+,16+/m1/s1.